The maximum Gasteiger partial charge on any atom is 0.157 e. The van der Waals surface area contributed by atoms with Crippen molar-refractivity contribution in [3.63, 3.8) is 0 Å². The first-order valence-corrected chi connectivity index (χ1v) is 5.15. The Morgan fingerprint density at radius 1 is 1.19 bits per heavy atom. The van der Waals surface area contributed by atoms with E-state index in [1.165, 1.54) is 0 Å². The van der Waals surface area contributed by atoms with Crippen LogP contribution in [0.15, 0.2) is 24.5 Å². The molecule has 2 N–H and O–H groups in total. The SMILES string of the molecule is OC1CN(c2ccn3nccc3n2)CC1O. The number of hydrogen-bond donors (Lipinski definition) is 2. The zero-order chi connectivity index (χ0) is 11.1. The lowest BCUT2D eigenvalue weighted by molar-refractivity contribution is 0.0572. The number of fused-ring (bicyclic) bond motifs is 1. The number of anilines is 1. The molecule has 0 amide bonds. The average Bonchev–Trinajstić information content (AvgIpc) is 2.85. The summed E-state index contributed by atoms with van der Waals surface area (Å²) >= 11 is 0. The van der Waals surface area contributed by atoms with Crippen LogP contribution in [0.2, 0.25) is 0 Å². The van der Waals surface area contributed by atoms with E-state index in [1.807, 2.05) is 23.2 Å². The zero-order valence-corrected chi connectivity index (χ0v) is 8.56. The second-order valence-electron chi connectivity index (χ2n) is 3.96. The summed E-state index contributed by atoms with van der Waals surface area (Å²) in [5.74, 6) is 0.753. The number of aromatic nitrogens is 3. The van der Waals surface area contributed by atoms with Gasteiger partial charge in [-0.15, -0.1) is 0 Å². The van der Waals surface area contributed by atoms with Crippen LogP contribution in [0, 0.1) is 0 Å². The van der Waals surface area contributed by atoms with Gasteiger partial charge in [0.25, 0.3) is 0 Å². The lowest BCUT2D eigenvalue weighted by Gasteiger charge is -2.15. The Morgan fingerprint density at radius 2 is 1.94 bits per heavy atom. The van der Waals surface area contributed by atoms with Gasteiger partial charge in [-0.3, -0.25) is 0 Å². The Hall–Kier alpha value is -1.66. The van der Waals surface area contributed by atoms with E-state index in [4.69, 9.17) is 0 Å². The highest BCUT2D eigenvalue weighted by Crippen LogP contribution is 2.18. The van der Waals surface area contributed by atoms with Crippen LogP contribution in [-0.2, 0) is 0 Å². The number of rotatable bonds is 1. The molecule has 0 aliphatic carbocycles. The second-order valence-corrected chi connectivity index (χ2v) is 3.96. The van der Waals surface area contributed by atoms with Gasteiger partial charge in [-0.05, 0) is 6.07 Å². The van der Waals surface area contributed by atoms with E-state index in [2.05, 4.69) is 10.1 Å². The summed E-state index contributed by atoms with van der Waals surface area (Å²) in [5, 5.41) is 23.0. The summed E-state index contributed by atoms with van der Waals surface area (Å²) in [5.41, 5.74) is 0.758. The monoisotopic (exact) mass is 220 g/mol. The van der Waals surface area contributed by atoms with Crippen molar-refractivity contribution < 1.29 is 10.2 Å². The third-order valence-corrected chi connectivity index (χ3v) is 2.83. The van der Waals surface area contributed by atoms with Crippen molar-refractivity contribution in [1.29, 1.82) is 0 Å². The van der Waals surface area contributed by atoms with Gasteiger partial charge in [-0.2, -0.15) is 5.10 Å². The first kappa shape index (κ1) is 9.56. The van der Waals surface area contributed by atoms with Gasteiger partial charge in [0.1, 0.15) is 5.82 Å². The van der Waals surface area contributed by atoms with Gasteiger partial charge in [-0.25, -0.2) is 9.50 Å². The Bertz CT molecular complexity index is 502. The zero-order valence-electron chi connectivity index (χ0n) is 8.56. The molecule has 0 spiro atoms. The van der Waals surface area contributed by atoms with Crippen molar-refractivity contribution in [1.82, 2.24) is 14.6 Å². The van der Waals surface area contributed by atoms with E-state index in [-0.39, 0.29) is 0 Å². The molecule has 84 valence electrons. The summed E-state index contributed by atoms with van der Waals surface area (Å²) < 4.78 is 1.67. The van der Waals surface area contributed by atoms with Crippen LogP contribution in [-0.4, -0.2) is 50.1 Å². The Kier molecular flexibility index (Phi) is 2.05. The number of aliphatic hydroxyl groups excluding tert-OH is 2. The molecule has 1 saturated heterocycles. The van der Waals surface area contributed by atoms with E-state index in [0.717, 1.165) is 11.5 Å². The number of nitrogens with zero attached hydrogens (tertiary/aromatic N) is 4. The van der Waals surface area contributed by atoms with Gasteiger partial charge in [0, 0.05) is 25.4 Å². The van der Waals surface area contributed by atoms with Gasteiger partial charge in [-0.1, -0.05) is 0 Å². The number of hydrogen-bond acceptors (Lipinski definition) is 5. The highest BCUT2D eigenvalue weighted by atomic mass is 16.3. The van der Waals surface area contributed by atoms with Gasteiger partial charge < -0.3 is 15.1 Å². The van der Waals surface area contributed by atoms with E-state index < -0.39 is 12.2 Å². The molecule has 3 rings (SSSR count). The van der Waals surface area contributed by atoms with Crippen molar-refractivity contribution in [2.24, 2.45) is 0 Å². The summed E-state index contributed by atoms with van der Waals surface area (Å²) in [4.78, 5) is 6.25. The van der Waals surface area contributed by atoms with Crippen molar-refractivity contribution in [2.45, 2.75) is 12.2 Å². The van der Waals surface area contributed by atoms with E-state index in [0.29, 0.717) is 13.1 Å². The maximum atomic E-state index is 9.47. The molecule has 6 heteroatoms. The first-order chi connectivity index (χ1) is 7.74. The topological polar surface area (TPSA) is 73.9 Å². The van der Waals surface area contributed by atoms with Crippen molar-refractivity contribution in [3.05, 3.63) is 24.5 Å². The first-order valence-electron chi connectivity index (χ1n) is 5.15. The number of β-amino-alcohol motifs (C(OH)–C–C–N with tert-alkyl or cyclic N) is 2. The Balaban J connectivity index is 1.94. The molecule has 0 bridgehead atoms. The van der Waals surface area contributed by atoms with Crippen LogP contribution in [0.5, 0.6) is 0 Å². The lowest BCUT2D eigenvalue weighted by atomic mass is 10.3. The molecule has 1 aliphatic rings. The van der Waals surface area contributed by atoms with Gasteiger partial charge in [0.05, 0.1) is 18.4 Å². The molecule has 16 heavy (non-hydrogen) atoms. The molecule has 0 saturated carbocycles. The molecule has 6 nitrogen and oxygen atoms in total. The van der Waals surface area contributed by atoms with Crippen LogP contribution in [0.3, 0.4) is 0 Å². The third-order valence-electron chi connectivity index (χ3n) is 2.83. The molecule has 0 radical (unpaired) electrons. The minimum absolute atomic E-state index is 0.415. The van der Waals surface area contributed by atoms with Crippen molar-refractivity contribution in [3.8, 4) is 0 Å². The highest BCUT2D eigenvalue weighted by molar-refractivity contribution is 5.48. The average molecular weight is 220 g/mol. The summed E-state index contributed by atoms with van der Waals surface area (Å²) in [6, 6.07) is 3.64. The van der Waals surface area contributed by atoms with E-state index in [1.54, 1.807) is 10.7 Å². The highest BCUT2D eigenvalue weighted by Gasteiger charge is 2.30. The van der Waals surface area contributed by atoms with Gasteiger partial charge in [0.15, 0.2) is 5.65 Å². The summed E-state index contributed by atoms with van der Waals surface area (Å²) in [6.45, 7) is 0.830. The predicted octanol–water partition coefficient (Wildman–Crippen LogP) is -0.729. The normalized spacial score (nSPS) is 25.5. The fourth-order valence-electron chi connectivity index (χ4n) is 1.94. The van der Waals surface area contributed by atoms with Crippen molar-refractivity contribution >= 4 is 11.5 Å². The van der Waals surface area contributed by atoms with Gasteiger partial charge >= 0.3 is 0 Å². The van der Waals surface area contributed by atoms with E-state index in [9.17, 15) is 10.2 Å². The smallest absolute Gasteiger partial charge is 0.157 e. The fourth-order valence-corrected chi connectivity index (χ4v) is 1.94. The predicted molar refractivity (Wildman–Crippen MR) is 57.2 cm³/mol. The van der Waals surface area contributed by atoms with Crippen LogP contribution in [0.1, 0.15) is 0 Å². The Labute approximate surface area is 91.8 Å². The van der Waals surface area contributed by atoms with Crippen molar-refractivity contribution in [2.75, 3.05) is 18.0 Å². The Morgan fingerprint density at radius 3 is 2.69 bits per heavy atom. The molecule has 2 aromatic heterocycles. The molecule has 3 heterocycles. The molecular weight excluding hydrogens is 208 g/mol. The van der Waals surface area contributed by atoms with Crippen LogP contribution >= 0.6 is 0 Å². The number of aliphatic hydroxyl groups is 2. The third kappa shape index (κ3) is 1.43. The van der Waals surface area contributed by atoms with Gasteiger partial charge in [0.2, 0.25) is 0 Å². The molecular formula is C10H12N4O2. The molecule has 2 atom stereocenters. The fraction of sp³-hybridized carbons (Fsp3) is 0.400. The van der Waals surface area contributed by atoms with Crippen LogP contribution in [0.4, 0.5) is 5.82 Å². The van der Waals surface area contributed by atoms with Crippen LogP contribution in [0.25, 0.3) is 5.65 Å². The van der Waals surface area contributed by atoms with E-state index >= 15 is 0 Å². The van der Waals surface area contributed by atoms with Crippen LogP contribution < -0.4 is 4.90 Å². The maximum absolute atomic E-state index is 9.47. The second kappa shape index (κ2) is 3.43. The quantitative estimate of drug-likeness (QED) is 0.663. The lowest BCUT2D eigenvalue weighted by Crippen LogP contribution is -2.22. The summed E-state index contributed by atoms with van der Waals surface area (Å²) in [7, 11) is 0. The largest absolute Gasteiger partial charge is 0.389 e. The summed E-state index contributed by atoms with van der Waals surface area (Å²) in [6.07, 6.45) is 2.11. The molecule has 1 aliphatic heterocycles. The molecule has 2 aromatic rings. The molecule has 2 unspecified atom stereocenters. The minimum Gasteiger partial charge on any atom is -0.389 e. The standard InChI is InChI=1S/C10H12N4O2/c15-7-5-13(6-8(7)16)9-2-4-14-10(12-9)1-3-11-14/h1-4,7-8,15-16H,5-6H2. The molecule has 0 aromatic carbocycles. The molecule has 1 fully saturated rings. The minimum atomic E-state index is -0.692.